The van der Waals surface area contributed by atoms with Gasteiger partial charge < -0.3 is 30.0 Å². The lowest BCUT2D eigenvalue weighted by molar-refractivity contribution is 0.340. The molecule has 0 spiro atoms. The van der Waals surface area contributed by atoms with Gasteiger partial charge in [0, 0.05) is 11.1 Å². The summed E-state index contributed by atoms with van der Waals surface area (Å²) in [6, 6.07) is 8.90. The van der Waals surface area contributed by atoms with Crippen LogP contribution >= 0.6 is 0 Å². The maximum absolute atomic E-state index is 10.1. The first-order valence-electron chi connectivity index (χ1n) is 7.51. The SMILES string of the molecule is COc1ccc(-c2[nH]cnc2-c2cc(OC)c(O)c(OC)c2)cc1N. The summed E-state index contributed by atoms with van der Waals surface area (Å²) in [6.07, 6.45) is 1.59. The number of hydrogen-bond acceptors (Lipinski definition) is 6. The highest BCUT2D eigenvalue weighted by atomic mass is 16.5. The number of nitrogens with zero attached hydrogens (tertiary/aromatic N) is 1. The van der Waals surface area contributed by atoms with Crippen molar-refractivity contribution in [3.8, 4) is 45.5 Å². The van der Waals surface area contributed by atoms with E-state index in [1.165, 1.54) is 14.2 Å². The molecule has 7 nitrogen and oxygen atoms in total. The molecule has 0 radical (unpaired) electrons. The maximum Gasteiger partial charge on any atom is 0.200 e. The number of H-pyrrole nitrogens is 1. The highest BCUT2D eigenvalue weighted by Crippen LogP contribution is 2.42. The second-order valence-corrected chi connectivity index (χ2v) is 5.31. The molecule has 7 heteroatoms. The van der Waals surface area contributed by atoms with Crippen LogP contribution in [-0.4, -0.2) is 36.4 Å². The molecule has 0 aliphatic heterocycles. The average Bonchev–Trinajstić information content (AvgIpc) is 3.11. The van der Waals surface area contributed by atoms with Crippen LogP contribution in [0, 0.1) is 0 Å². The zero-order valence-electron chi connectivity index (χ0n) is 14.2. The van der Waals surface area contributed by atoms with E-state index in [-0.39, 0.29) is 5.75 Å². The zero-order valence-corrected chi connectivity index (χ0v) is 14.2. The van der Waals surface area contributed by atoms with Crippen molar-refractivity contribution in [2.75, 3.05) is 27.1 Å². The monoisotopic (exact) mass is 341 g/mol. The van der Waals surface area contributed by atoms with Gasteiger partial charge in [-0.3, -0.25) is 0 Å². The number of anilines is 1. The van der Waals surface area contributed by atoms with Gasteiger partial charge in [-0.05, 0) is 30.3 Å². The number of aromatic hydroxyl groups is 1. The van der Waals surface area contributed by atoms with Crippen molar-refractivity contribution in [1.82, 2.24) is 9.97 Å². The Kier molecular flexibility index (Phi) is 4.38. The van der Waals surface area contributed by atoms with E-state index in [9.17, 15) is 5.11 Å². The molecular weight excluding hydrogens is 322 g/mol. The second-order valence-electron chi connectivity index (χ2n) is 5.31. The van der Waals surface area contributed by atoms with Crippen LogP contribution in [-0.2, 0) is 0 Å². The maximum atomic E-state index is 10.1. The zero-order chi connectivity index (χ0) is 18.0. The molecule has 0 amide bonds. The molecule has 1 heterocycles. The van der Waals surface area contributed by atoms with Crippen molar-refractivity contribution in [3.63, 3.8) is 0 Å². The van der Waals surface area contributed by atoms with Crippen molar-refractivity contribution in [3.05, 3.63) is 36.7 Å². The van der Waals surface area contributed by atoms with Crippen molar-refractivity contribution in [2.24, 2.45) is 0 Å². The molecule has 0 aliphatic carbocycles. The van der Waals surface area contributed by atoms with Gasteiger partial charge in [-0.15, -0.1) is 0 Å². The lowest BCUT2D eigenvalue weighted by Gasteiger charge is -2.12. The topological polar surface area (TPSA) is 103 Å². The third kappa shape index (κ3) is 2.91. The Labute approximate surface area is 145 Å². The number of nitrogen functional groups attached to an aromatic ring is 1. The Bertz CT molecular complexity index is 880. The largest absolute Gasteiger partial charge is 0.502 e. The summed E-state index contributed by atoms with van der Waals surface area (Å²) in [7, 11) is 4.53. The fourth-order valence-electron chi connectivity index (χ4n) is 2.65. The van der Waals surface area contributed by atoms with Gasteiger partial charge in [0.2, 0.25) is 5.75 Å². The molecule has 130 valence electrons. The number of rotatable bonds is 5. The minimum Gasteiger partial charge on any atom is -0.502 e. The molecule has 0 bridgehead atoms. The Morgan fingerprint density at radius 2 is 1.56 bits per heavy atom. The van der Waals surface area contributed by atoms with Crippen LogP contribution < -0.4 is 19.9 Å². The van der Waals surface area contributed by atoms with Crippen molar-refractivity contribution < 1.29 is 19.3 Å². The normalized spacial score (nSPS) is 10.5. The molecule has 4 N–H and O–H groups in total. The van der Waals surface area contributed by atoms with Gasteiger partial charge in [0.25, 0.3) is 0 Å². The number of benzene rings is 2. The summed E-state index contributed by atoms with van der Waals surface area (Å²) in [5.41, 5.74) is 9.59. The molecule has 0 atom stereocenters. The van der Waals surface area contributed by atoms with E-state index >= 15 is 0 Å². The summed E-state index contributed by atoms with van der Waals surface area (Å²) in [5, 5.41) is 10.1. The Hall–Kier alpha value is -3.35. The Balaban J connectivity index is 2.13. The quantitative estimate of drug-likeness (QED) is 0.616. The van der Waals surface area contributed by atoms with E-state index in [0.29, 0.717) is 28.6 Å². The van der Waals surface area contributed by atoms with Gasteiger partial charge in [-0.25, -0.2) is 4.98 Å². The molecule has 0 aliphatic rings. The molecule has 0 fully saturated rings. The number of nitrogens with two attached hydrogens (primary N) is 1. The predicted molar refractivity (Wildman–Crippen MR) is 95.2 cm³/mol. The van der Waals surface area contributed by atoms with Crippen LogP contribution in [0.3, 0.4) is 0 Å². The fraction of sp³-hybridized carbons (Fsp3) is 0.167. The standard InChI is InChI=1S/C18H19N3O4/c1-23-13-5-4-10(6-12(13)19)16-17(21-9-20-16)11-7-14(24-2)18(22)15(8-11)25-3/h4-9,22H,19H2,1-3H3,(H,20,21). The first kappa shape index (κ1) is 16.5. The number of imidazole rings is 1. The van der Waals surface area contributed by atoms with Crippen molar-refractivity contribution in [1.29, 1.82) is 0 Å². The van der Waals surface area contributed by atoms with Gasteiger partial charge >= 0.3 is 0 Å². The second kappa shape index (κ2) is 6.64. The number of aromatic amines is 1. The smallest absolute Gasteiger partial charge is 0.200 e. The van der Waals surface area contributed by atoms with Crippen LogP contribution in [0.4, 0.5) is 5.69 Å². The van der Waals surface area contributed by atoms with E-state index in [1.807, 2.05) is 12.1 Å². The van der Waals surface area contributed by atoms with Crippen LogP contribution in [0.5, 0.6) is 23.0 Å². The number of phenols is 1. The van der Waals surface area contributed by atoms with Crippen LogP contribution in [0.1, 0.15) is 0 Å². The molecule has 25 heavy (non-hydrogen) atoms. The fourth-order valence-corrected chi connectivity index (χ4v) is 2.65. The highest BCUT2D eigenvalue weighted by Gasteiger charge is 2.17. The lowest BCUT2D eigenvalue weighted by Crippen LogP contribution is -1.94. The van der Waals surface area contributed by atoms with E-state index in [1.54, 1.807) is 31.6 Å². The number of phenolic OH excluding ortho intramolecular Hbond substituents is 1. The third-order valence-corrected chi connectivity index (χ3v) is 3.91. The van der Waals surface area contributed by atoms with Crippen LogP contribution in [0.2, 0.25) is 0 Å². The van der Waals surface area contributed by atoms with Crippen molar-refractivity contribution in [2.45, 2.75) is 0 Å². The average molecular weight is 341 g/mol. The third-order valence-electron chi connectivity index (χ3n) is 3.91. The van der Waals surface area contributed by atoms with Crippen LogP contribution in [0.25, 0.3) is 22.5 Å². The molecule has 3 rings (SSSR count). The summed E-state index contributed by atoms with van der Waals surface area (Å²) in [4.78, 5) is 7.52. The van der Waals surface area contributed by atoms with Crippen molar-refractivity contribution >= 4 is 5.69 Å². The van der Waals surface area contributed by atoms with Gasteiger partial charge in [-0.2, -0.15) is 0 Å². The summed E-state index contributed by atoms with van der Waals surface area (Å²) >= 11 is 0. The molecule has 0 saturated carbocycles. The first-order chi connectivity index (χ1) is 12.1. The molecule has 0 saturated heterocycles. The van der Waals surface area contributed by atoms with E-state index in [2.05, 4.69) is 9.97 Å². The summed E-state index contributed by atoms with van der Waals surface area (Å²) < 4.78 is 15.6. The van der Waals surface area contributed by atoms with Crippen LogP contribution in [0.15, 0.2) is 36.7 Å². The number of aromatic nitrogens is 2. The predicted octanol–water partition coefficient (Wildman–Crippen LogP) is 3.06. The Morgan fingerprint density at radius 1 is 0.920 bits per heavy atom. The molecule has 2 aromatic carbocycles. The minimum atomic E-state index is -0.0560. The first-order valence-corrected chi connectivity index (χ1v) is 7.51. The van der Waals surface area contributed by atoms with Gasteiger partial charge in [0.05, 0.1) is 44.7 Å². The minimum absolute atomic E-state index is 0.0560. The lowest BCUT2D eigenvalue weighted by atomic mass is 10.0. The molecule has 1 aromatic heterocycles. The van der Waals surface area contributed by atoms with Gasteiger partial charge in [0.15, 0.2) is 11.5 Å². The summed E-state index contributed by atoms with van der Waals surface area (Å²) in [5.74, 6) is 1.16. The van der Waals surface area contributed by atoms with Gasteiger partial charge in [-0.1, -0.05) is 0 Å². The number of methoxy groups -OCH3 is 3. The Morgan fingerprint density at radius 3 is 2.12 bits per heavy atom. The molecule has 3 aromatic rings. The number of nitrogens with one attached hydrogen (secondary N) is 1. The van der Waals surface area contributed by atoms with E-state index < -0.39 is 0 Å². The van der Waals surface area contributed by atoms with Gasteiger partial charge in [0.1, 0.15) is 5.75 Å². The highest BCUT2D eigenvalue weighted by molar-refractivity contribution is 5.82. The number of ether oxygens (including phenoxy) is 3. The van der Waals surface area contributed by atoms with E-state index in [4.69, 9.17) is 19.9 Å². The van der Waals surface area contributed by atoms with E-state index in [0.717, 1.165) is 16.8 Å². The molecular formula is C18H19N3O4. The number of hydrogen-bond donors (Lipinski definition) is 3. The summed E-state index contributed by atoms with van der Waals surface area (Å²) in [6.45, 7) is 0. The molecule has 0 unspecified atom stereocenters.